The van der Waals surface area contributed by atoms with E-state index in [2.05, 4.69) is 30.7 Å². The van der Waals surface area contributed by atoms with Crippen molar-refractivity contribution in [2.45, 2.75) is 52.4 Å². The van der Waals surface area contributed by atoms with Gasteiger partial charge >= 0.3 is 0 Å². The van der Waals surface area contributed by atoms with Gasteiger partial charge in [0.2, 0.25) is 0 Å². The Hall–Kier alpha value is -0.920. The van der Waals surface area contributed by atoms with Crippen LogP contribution < -0.4 is 0 Å². The van der Waals surface area contributed by atoms with Gasteiger partial charge < -0.3 is 0 Å². The first-order valence-corrected chi connectivity index (χ1v) is 6.34. The van der Waals surface area contributed by atoms with Crippen LogP contribution >= 0.6 is 0 Å². The molecule has 2 heteroatoms. The minimum atomic E-state index is 0.461. The van der Waals surface area contributed by atoms with Gasteiger partial charge in [-0.3, -0.25) is 0 Å². The van der Waals surface area contributed by atoms with Crippen LogP contribution in [-0.2, 0) is 0 Å². The van der Waals surface area contributed by atoms with E-state index in [1.165, 1.54) is 25.7 Å². The molecule has 16 heavy (non-hydrogen) atoms. The molecular weight excluding hydrogens is 196 g/mol. The van der Waals surface area contributed by atoms with Gasteiger partial charge in [-0.05, 0) is 43.1 Å². The molecule has 0 unspecified atom stereocenters. The zero-order chi connectivity index (χ0) is 11.6. The molecule has 1 aromatic heterocycles. The Balaban J connectivity index is 1.96. The van der Waals surface area contributed by atoms with Crippen molar-refractivity contribution >= 4 is 0 Å². The van der Waals surface area contributed by atoms with E-state index in [-0.39, 0.29) is 0 Å². The molecule has 0 N–H and O–H groups in total. The lowest BCUT2D eigenvalue weighted by Gasteiger charge is -2.36. The summed E-state index contributed by atoms with van der Waals surface area (Å²) in [6, 6.07) is 1.89. The van der Waals surface area contributed by atoms with E-state index < -0.39 is 0 Å². The molecule has 1 aliphatic carbocycles. The standard InChI is InChI=1S/C14H22N2/c1-14(2,3)12-7-5-11(6-8-12)13-15-9-4-10-16-13/h4,9-12H,5-8H2,1-3H3. The molecule has 1 fully saturated rings. The molecule has 1 aliphatic rings. The summed E-state index contributed by atoms with van der Waals surface area (Å²) in [5.74, 6) is 2.52. The minimum absolute atomic E-state index is 0.461. The maximum atomic E-state index is 4.38. The summed E-state index contributed by atoms with van der Waals surface area (Å²) >= 11 is 0. The van der Waals surface area contributed by atoms with Crippen molar-refractivity contribution in [3.8, 4) is 0 Å². The second-order valence-electron chi connectivity index (χ2n) is 6.02. The molecule has 0 amide bonds. The summed E-state index contributed by atoms with van der Waals surface area (Å²) in [6.45, 7) is 7.07. The molecular formula is C14H22N2. The van der Waals surface area contributed by atoms with Gasteiger partial charge in [-0.25, -0.2) is 9.97 Å². The fourth-order valence-electron chi connectivity index (χ4n) is 2.74. The van der Waals surface area contributed by atoms with E-state index in [0.717, 1.165) is 11.7 Å². The summed E-state index contributed by atoms with van der Waals surface area (Å²) in [5.41, 5.74) is 0.461. The molecule has 2 nitrogen and oxygen atoms in total. The molecule has 1 heterocycles. The van der Waals surface area contributed by atoms with Crippen LogP contribution in [0.3, 0.4) is 0 Å². The van der Waals surface area contributed by atoms with E-state index in [0.29, 0.717) is 11.3 Å². The predicted molar refractivity (Wildman–Crippen MR) is 66.2 cm³/mol. The van der Waals surface area contributed by atoms with Gasteiger partial charge in [0.05, 0.1) is 0 Å². The van der Waals surface area contributed by atoms with Crippen LogP contribution in [0.4, 0.5) is 0 Å². The van der Waals surface area contributed by atoms with Gasteiger partial charge in [-0.15, -0.1) is 0 Å². The number of aromatic nitrogens is 2. The molecule has 1 saturated carbocycles. The average molecular weight is 218 g/mol. The Kier molecular flexibility index (Phi) is 3.27. The van der Waals surface area contributed by atoms with E-state index in [1.807, 2.05) is 18.5 Å². The molecule has 0 atom stereocenters. The van der Waals surface area contributed by atoms with Gasteiger partial charge in [0.15, 0.2) is 0 Å². The van der Waals surface area contributed by atoms with Gasteiger partial charge in [0.1, 0.15) is 5.82 Å². The van der Waals surface area contributed by atoms with Crippen LogP contribution in [0.25, 0.3) is 0 Å². The Morgan fingerprint density at radius 3 is 2.06 bits per heavy atom. The molecule has 0 radical (unpaired) electrons. The smallest absolute Gasteiger partial charge is 0.131 e. The Labute approximate surface area is 98.5 Å². The van der Waals surface area contributed by atoms with Crippen LogP contribution in [0.15, 0.2) is 18.5 Å². The number of nitrogens with zero attached hydrogens (tertiary/aromatic N) is 2. The highest BCUT2D eigenvalue weighted by molar-refractivity contribution is 4.99. The number of rotatable bonds is 1. The zero-order valence-corrected chi connectivity index (χ0v) is 10.6. The van der Waals surface area contributed by atoms with Crippen LogP contribution in [0, 0.1) is 11.3 Å². The average Bonchev–Trinajstić information content (AvgIpc) is 2.29. The quantitative estimate of drug-likeness (QED) is 0.716. The minimum Gasteiger partial charge on any atom is -0.241 e. The highest BCUT2D eigenvalue weighted by atomic mass is 14.9. The zero-order valence-electron chi connectivity index (χ0n) is 10.6. The number of hydrogen-bond donors (Lipinski definition) is 0. The summed E-state index contributed by atoms with van der Waals surface area (Å²) in [7, 11) is 0. The maximum absolute atomic E-state index is 4.38. The summed E-state index contributed by atoms with van der Waals surface area (Å²) in [4.78, 5) is 8.76. The Morgan fingerprint density at radius 2 is 1.56 bits per heavy atom. The van der Waals surface area contributed by atoms with E-state index in [1.54, 1.807) is 0 Å². The molecule has 0 aromatic carbocycles. The summed E-state index contributed by atoms with van der Waals surface area (Å²) < 4.78 is 0. The lowest BCUT2D eigenvalue weighted by atomic mass is 9.70. The highest BCUT2D eigenvalue weighted by Gasteiger charge is 2.30. The fraction of sp³-hybridized carbons (Fsp3) is 0.714. The number of hydrogen-bond acceptors (Lipinski definition) is 2. The molecule has 88 valence electrons. The van der Waals surface area contributed by atoms with E-state index in [9.17, 15) is 0 Å². The lowest BCUT2D eigenvalue weighted by molar-refractivity contribution is 0.167. The third kappa shape index (κ3) is 2.60. The second kappa shape index (κ2) is 4.52. The largest absolute Gasteiger partial charge is 0.241 e. The van der Waals surface area contributed by atoms with Gasteiger partial charge in [0, 0.05) is 18.3 Å². The van der Waals surface area contributed by atoms with Gasteiger partial charge in [-0.2, -0.15) is 0 Å². The molecule has 0 spiro atoms. The molecule has 0 bridgehead atoms. The fourth-order valence-corrected chi connectivity index (χ4v) is 2.74. The Bertz CT molecular complexity index is 318. The summed E-state index contributed by atoms with van der Waals surface area (Å²) in [6.07, 6.45) is 8.88. The van der Waals surface area contributed by atoms with Crippen LogP contribution in [0.5, 0.6) is 0 Å². The molecule has 0 aliphatic heterocycles. The Morgan fingerprint density at radius 1 is 1.00 bits per heavy atom. The van der Waals surface area contributed by atoms with Crippen molar-refractivity contribution in [3.05, 3.63) is 24.3 Å². The van der Waals surface area contributed by atoms with Crippen molar-refractivity contribution in [1.82, 2.24) is 9.97 Å². The third-order valence-corrected chi connectivity index (χ3v) is 3.90. The summed E-state index contributed by atoms with van der Waals surface area (Å²) in [5, 5.41) is 0. The van der Waals surface area contributed by atoms with Crippen molar-refractivity contribution in [2.75, 3.05) is 0 Å². The predicted octanol–water partition coefficient (Wildman–Crippen LogP) is 3.80. The molecule has 1 aromatic rings. The van der Waals surface area contributed by atoms with E-state index >= 15 is 0 Å². The second-order valence-corrected chi connectivity index (χ2v) is 6.02. The lowest BCUT2D eigenvalue weighted by Crippen LogP contribution is -2.25. The van der Waals surface area contributed by atoms with Crippen LogP contribution in [0.1, 0.15) is 58.2 Å². The monoisotopic (exact) mass is 218 g/mol. The van der Waals surface area contributed by atoms with Crippen molar-refractivity contribution < 1.29 is 0 Å². The first kappa shape index (κ1) is 11.6. The first-order valence-electron chi connectivity index (χ1n) is 6.34. The molecule has 0 saturated heterocycles. The normalized spacial score (nSPS) is 26.7. The van der Waals surface area contributed by atoms with Gasteiger partial charge in [0.25, 0.3) is 0 Å². The van der Waals surface area contributed by atoms with Crippen LogP contribution in [0.2, 0.25) is 0 Å². The van der Waals surface area contributed by atoms with Crippen molar-refractivity contribution in [2.24, 2.45) is 11.3 Å². The van der Waals surface area contributed by atoms with Crippen LogP contribution in [-0.4, -0.2) is 9.97 Å². The first-order chi connectivity index (χ1) is 7.57. The topological polar surface area (TPSA) is 25.8 Å². The van der Waals surface area contributed by atoms with Crippen molar-refractivity contribution in [1.29, 1.82) is 0 Å². The van der Waals surface area contributed by atoms with E-state index in [4.69, 9.17) is 0 Å². The third-order valence-electron chi connectivity index (χ3n) is 3.90. The highest BCUT2D eigenvalue weighted by Crippen LogP contribution is 2.42. The SMILES string of the molecule is CC(C)(C)C1CCC(c2ncccn2)CC1. The maximum Gasteiger partial charge on any atom is 0.131 e. The van der Waals surface area contributed by atoms with Crippen molar-refractivity contribution in [3.63, 3.8) is 0 Å². The molecule has 2 rings (SSSR count). The van der Waals surface area contributed by atoms with Gasteiger partial charge in [-0.1, -0.05) is 20.8 Å².